The molecule has 2 aromatic rings. The molecule has 0 saturated heterocycles. The smallest absolute Gasteiger partial charge is 0.341 e. The second-order valence-electron chi connectivity index (χ2n) is 6.68. The molecule has 2 N–H and O–H groups in total. The number of anilines is 2. The SMILES string of the molecule is CCOC(=O)c1c(NC(=O)CNc2ccc(F)cc2)sc2c1CC[C@H](C)C2. The Morgan fingerprint density at radius 2 is 2.04 bits per heavy atom. The van der Waals surface area contributed by atoms with Gasteiger partial charge in [0, 0.05) is 10.6 Å². The molecule has 3 rings (SSSR count). The molecule has 1 amide bonds. The topological polar surface area (TPSA) is 67.4 Å². The van der Waals surface area contributed by atoms with Gasteiger partial charge in [-0.2, -0.15) is 0 Å². The van der Waals surface area contributed by atoms with Gasteiger partial charge in [0.1, 0.15) is 10.8 Å². The molecule has 0 spiro atoms. The van der Waals surface area contributed by atoms with E-state index in [0.717, 1.165) is 29.7 Å². The molecule has 1 aliphatic carbocycles. The lowest BCUT2D eigenvalue weighted by Crippen LogP contribution is -2.22. The molecule has 7 heteroatoms. The van der Waals surface area contributed by atoms with Crippen LogP contribution in [0, 0.1) is 11.7 Å². The number of hydrogen-bond acceptors (Lipinski definition) is 5. The highest BCUT2D eigenvalue weighted by atomic mass is 32.1. The Kier molecular flexibility index (Phi) is 6.11. The fraction of sp³-hybridized carbons (Fsp3) is 0.400. The van der Waals surface area contributed by atoms with Crippen LogP contribution in [0.2, 0.25) is 0 Å². The number of carbonyl (C=O) groups excluding carboxylic acids is 2. The third-order valence-corrected chi connectivity index (χ3v) is 5.71. The van der Waals surface area contributed by atoms with Crippen LogP contribution >= 0.6 is 11.3 Å². The number of fused-ring (bicyclic) bond motifs is 1. The quantitative estimate of drug-likeness (QED) is 0.724. The summed E-state index contributed by atoms with van der Waals surface area (Å²) in [7, 11) is 0. The minimum atomic E-state index is -0.383. The molecule has 0 saturated carbocycles. The maximum atomic E-state index is 12.9. The van der Waals surface area contributed by atoms with Gasteiger partial charge in [0.25, 0.3) is 0 Å². The number of amides is 1. The zero-order valence-electron chi connectivity index (χ0n) is 15.4. The number of ether oxygens (including phenoxy) is 1. The molecule has 1 aliphatic rings. The summed E-state index contributed by atoms with van der Waals surface area (Å²) in [6, 6.07) is 5.79. The minimum absolute atomic E-state index is 0.0207. The average molecular weight is 390 g/mol. The van der Waals surface area contributed by atoms with Crippen LogP contribution in [0.25, 0.3) is 0 Å². The first kappa shape index (κ1) is 19.4. The van der Waals surface area contributed by atoms with E-state index in [1.807, 2.05) is 0 Å². The summed E-state index contributed by atoms with van der Waals surface area (Å²) in [6.07, 6.45) is 2.76. The molecule has 0 aliphatic heterocycles. The van der Waals surface area contributed by atoms with Crippen molar-refractivity contribution in [3.63, 3.8) is 0 Å². The van der Waals surface area contributed by atoms with Crippen LogP contribution in [0.5, 0.6) is 0 Å². The molecule has 0 bridgehead atoms. The van der Waals surface area contributed by atoms with Crippen LogP contribution in [0.1, 0.15) is 41.1 Å². The summed E-state index contributed by atoms with van der Waals surface area (Å²) in [5, 5.41) is 6.34. The van der Waals surface area contributed by atoms with Crippen molar-refractivity contribution in [1.29, 1.82) is 0 Å². The number of rotatable bonds is 6. The first-order chi connectivity index (χ1) is 13.0. The number of nitrogens with one attached hydrogen (secondary N) is 2. The van der Waals surface area contributed by atoms with Gasteiger partial charge in [-0.15, -0.1) is 11.3 Å². The number of thiophene rings is 1. The molecule has 0 fully saturated rings. The van der Waals surface area contributed by atoms with Crippen molar-refractivity contribution in [2.24, 2.45) is 5.92 Å². The maximum Gasteiger partial charge on any atom is 0.341 e. The van der Waals surface area contributed by atoms with E-state index in [4.69, 9.17) is 4.74 Å². The van der Waals surface area contributed by atoms with Gasteiger partial charge >= 0.3 is 5.97 Å². The second kappa shape index (κ2) is 8.52. The molecule has 1 heterocycles. The zero-order valence-corrected chi connectivity index (χ0v) is 16.2. The first-order valence-corrected chi connectivity index (χ1v) is 9.90. The lowest BCUT2D eigenvalue weighted by Gasteiger charge is -2.18. The van der Waals surface area contributed by atoms with Gasteiger partial charge in [-0.05, 0) is 61.9 Å². The van der Waals surface area contributed by atoms with E-state index in [2.05, 4.69) is 17.6 Å². The van der Waals surface area contributed by atoms with Crippen LogP contribution < -0.4 is 10.6 Å². The molecule has 27 heavy (non-hydrogen) atoms. The van der Waals surface area contributed by atoms with E-state index in [1.165, 1.54) is 23.5 Å². The van der Waals surface area contributed by atoms with E-state index < -0.39 is 0 Å². The van der Waals surface area contributed by atoms with Crippen LogP contribution in [-0.2, 0) is 22.4 Å². The zero-order chi connectivity index (χ0) is 19.4. The third-order valence-electron chi connectivity index (χ3n) is 4.54. The largest absolute Gasteiger partial charge is 0.462 e. The van der Waals surface area contributed by atoms with Gasteiger partial charge in [-0.1, -0.05) is 6.92 Å². The van der Waals surface area contributed by atoms with E-state index >= 15 is 0 Å². The maximum absolute atomic E-state index is 12.9. The van der Waals surface area contributed by atoms with Crippen molar-refractivity contribution in [2.75, 3.05) is 23.8 Å². The summed E-state index contributed by atoms with van der Waals surface area (Å²) in [4.78, 5) is 26.0. The van der Waals surface area contributed by atoms with Crippen LogP contribution in [0.15, 0.2) is 24.3 Å². The monoisotopic (exact) mass is 390 g/mol. The fourth-order valence-electron chi connectivity index (χ4n) is 3.18. The average Bonchev–Trinajstić information content (AvgIpc) is 2.98. The Balaban J connectivity index is 1.73. The molecule has 0 radical (unpaired) electrons. The molecule has 5 nitrogen and oxygen atoms in total. The van der Waals surface area contributed by atoms with Crippen molar-refractivity contribution in [2.45, 2.75) is 33.1 Å². The van der Waals surface area contributed by atoms with E-state index in [9.17, 15) is 14.0 Å². The van der Waals surface area contributed by atoms with Gasteiger partial charge in [-0.25, -0.2) is 9.18 Å². The van der Waals surface area contributed by atoms with Crippen molar-refractivity contribution in [3.8, 4) is 0 Å². The van der Waals surface area contributed by atoms with Gasteiger partial charge in [-0.3, -0.25) is 4.79 Å². The molecule has 0 unspecified atom stereocenters. The van der Waals surface area contributed by atoms with E-state index in [0.29, 0.717) is 28.8 Å². The Hall–Kier alpha value is -2.41. The van der Waals surface area contributed by atoms with Crippen LogP contribution in [0.4, 0.5) is 15.1 Å². The van der Waals surface area contributed by atoms with Gasteiger partial charge in [0.05, 0.1) is 18.7 Å². The highest BCUT2D eigenvalue weighted by molar-refractivity contribution is 7.17. The normalized spacial score (nSPS) is 15.7. The Labute approximate surface area is 161 Å². The Bertz CT molecular complexity index is 832. The number of benzene rings is 1. The fourth-order valence-corrected chi connectivity index (χ4v) is 4.59. The number of carbonyl (C=O) groups is 2. The number of esters is 1. The first-order valence-electron chi connectivity index (χ1n) is 9.08. The van der Waals surface area contributed by atoms with Crippen molar-refractivity contribution in [1.82, 2.24) is 0 Å². The second-order valence-corrected chi connectivity index (χ2v) is 7.79. The predicted molar refractivity (Wildman–Crippen MR) is 105 cm³/mol. The molecule has 144 valence electrons. The number of halogens is 1. The van der Waals surface area contributed by atoms with Crippen molar-refractivity contribution in [3.05, 3.63) is 46.1 Å². The molecular formula is C20H23FN2O3S. The van der Waals surface area contributed by atoms with Crippen molar-refractivity contribution < 1.29 is 18.7 Å². The van der Waals surface area contributed by atoms with Crippen molar-refractivity contribution >= 4 is 33.9 Å². The third kappa shape index (κ3) is 4.66. The van der Waals surface area contributed by atoms with Gasteiger partial charge in [0.15, 0.2) is 0 Å². The highest BCUT2D eigenvalue weighted by Crippen LogP contribution is 2.40. The number of hydrogen-bond donors (Lipinski definition) is 2. The van der Waals surface area contributed by atoms with Gasteiger partial charge in [0.2, 0.25) is 5.91 Å². The highest BCUT2D eigenvalue weighted by Gasteiger charge is 2.29. The Morgan fingerprint density at radius 1 is 1.30 bits per heavy atom. The summed E-state index contributed by atoms with van der Waals surface area (Å²) in [6.45, 7) is 4.27. The standard InChI is InChI=1S/C20H23FN2O3S/c1-3-26-20(25)18-15-9-4-12(2)10-16(15)27-19(18)23-17(24)11-22-14-7-5-13(21)6-8-14/h5-8,12,22H,3-4,9-11H2,1-2H3,(H,23,24)/t12-/m0/s1. The van der Waals surface area contributed by atoms with Crippen LogP contribution in [-0.4, -0.2) is 25.0 Å². The molecule has 1 atom stereocenters. The Morgan fingerprint density at radius 3 is 2.74 bits per heavy atom. The molecular weight excluding hydrogens is 367 g/mol. The minimum Gasteiger partial charge on any atom is -0.462 e. The van der Waals surface area contributed by atoms with E-state index in [-0.39, 0.29) is 24.2 Å². The lowest BCUT2D eigenvalue weighted by atomic mass is 9.88. The van der Waals surface area contributed by atoms with Crippen LogP contribution in [0.3, 0.4) is 0 Å². The lowest BCUT2D eigenvalue weighted by molar-refractivity contribution is -0.114. The predicted octanol–water partition coefficient (Wildman–Crippen LogP) is 4.24. The van der Waals surface area contributed by atoms with E-state index in [1.54, 1.807) is 19.1 Å². The summed E-state index contributed by atoms with van der Waals surface area (Å²) < 4.78 is 18.2. The summed E-state index contributed by atoms with van der Waals surface area (Å²) in [5.41, 5.74) is 2.16. The summed E-state index contributed by atoms with van der Waals surface area (Å²) >= 11 is 1.46. The van der Waals surface area contributed by atoms with Gasteiger partial charge < -0.3 is 15.4 Å². The molecule has 1 aromatic carbocycles. The molecule has 1 aromatic heterocycles. The summed E-state index contributed by atoms with van der Waals surface area (Å²) in [5.74, 6) is -0.416.